The van der Waals surface area contributed by atoms with Crippen molar-refractivity contribution in [1.29, 1.82) is 0 Å². The molecular weight excluding hydrogens is 367 g/mol. The van der Waals surface area contributed by atoms with Gasteiger partial charge in [-0.3, -0.25) is 4.79 Å². The topological polar surface area (TPSA) is 52.9 Å². The van der Waals surface area contributed by atoms with E-state index in [9.17, 15) is 4.79 Å². The van der Waals surface area contributed by atoms with Gasteiger partial charge in [-0.2, -0.15) is 0 Å². The molecule has 108 valence electrons. The molecule has 1 atom stereocenters. The monoisotopic (exact) mass is 386 g/mol. The highest BCUT2D eigenvalue weighted by atomic mass is 127. The molecule has 0 spiro atoms. The summed E-state index contributed by atoms with van der Waals surface area (Å²) in [6.07, 6.45) is 1.54. The molecular formula is C15H19IN2O2. The van der Waals surface area contributed by atoms with Gasteiger partial charge in [-0.25, -0.2) is 0 Å². The number of oxime groups is 1. The van der Waals surface area contributed by atoms with E-state index in [-0.39, 0.29) is 11.8 Å². The smallest absolute Gasteiger partial charge is 0.254 e. The van der Waals surface area contributed by atoms with Crippen LogP contribution in [0.2, 0.25) is 0 Å². The maximum atomic E-state index is 12.6. The van der Waals surface area contributed by atoms with Crippen LogP contribution < -0.4 is 0 Å². The van der Waals surface area contributed by atoms with E-state index < -0.39 is 0 Å². The summed E-state index contributed by atoms with van der Waals surface area (Å²) in [7, 11) is 0. The second kappa shape index (κ2) is 6.56. The van der Waals surface area contributed by atoms with E-state index in [4.69, 9.17) is 5.21 Å². The Bertz CT molecular complexity index is 543. The molecule has 1 saturated heterocycles. The average Bonchev–Trinajstić information content (AvgIpc) is 2.48. The van der Waals surface area contributed by atoms with Gasteiger partial charge in [-0.05, 0) is 47.6 Å². The highest BCUT2D eigenvalue weighted by Gasteiger charge is 2.29. The van der Waals surface area contributed by atoms with E-state index in [1.807, 2.05) is 30.0 Å². The molecule has 1 N–H and O–H groups in total. The third-order valence-electron chi connectivity index (χ3n) is 3.88. The van der Waals surface area contributed by atoms with Gasteiger partial charge in [0.2, 0.25) is 0 Å². The number of hydrogen-bond acceptors (Lipinski definition) is 3. The van der Waals surface area contributed by atoms with Crippen molar-refractivity contribution < 1.29 is 10.0 Å². The number of carbonyl (C=O) groups excluding carboxylic acids is 1. The number of piperidine rings is 1. The first-order valence-corrected chi connectivity index (χ1v) is 7.91. The van der Waals surface area contributed by atoms with Crippen LogP contribution in [0.1, 0.15) is 35.7 Å². The van der Waals surface area contributed by atoms with E-state index in [2.05, 4.69) is 34.7 Å². The fraction of sp³-hybridized carbons (Fsp3) is 0.467. The SMILES string of the molecule is CCC1CN(C(=O)c2cccc(C)c2I)CC/C1=N\O. The zero-order chi connectivity index (χ0) is 14.7. The second-order valence-corrected chi connectivity index (χ2v) is 6.21. The molecule has 1 fully saturated rings. The van der Waals surface area contributed by atoms with E-state index >= 15 is 0 Å². The number of rotatable bonds is 2. The van der Waals surface area contributed by atoms with Gasteiger partial charge in [-0.1, -0.05) is 24.2 Å². The van der Waals surface area contributed by atoms with Crippen LogP contribution in [0.5, 0.6) is 0 Å². The number of hydrogen-bond donors (Lipinski definition) is 1. The second-order valence-electron chi connectivity index (χ2n) is 5.13. The van der Waals surface area contributed by atoms with E-state index in [0.29, 0.717) is 19.5 Å². The van der Waals surface area contributed by atoms with Crippen LogP contribution in [0.4, 0.5) is 0 Å². The number of likely N-dealkylation sites (tertiary alicyclic amines) is 1. The Kier molecular flexibility index (Phi) is 5.01. The molecule has 1 aliphatic rings. The minimum atomic E-state index is 0.0774. The molecule has 1 unspecified atom stereocenters. The fourth-order valence-corrected chi connectivity index (χ4v) is 3.17. The van der Waals surface area contributed by atoms with Crippen molar-refractivity contribution in [2.45, 2.75) is 26.7 Å². The van der Waals surface area contributed by atoms with Gasteiger partial charge in [0, 0.05) is 29.0 Å². The van der Waals surface area contributed by atoms with Crippen LogP contribution in [0.15, 0.2) is 23.4 Å². The number of aryl methyl sites for hydroxylation is 1. The van der Waals surface area contributed by atoms with Crippen LogP contribution in [-0.4, -0.2) is 34.8 Å². The lowest BCUT2D eigenvalue weighted by Gasteiger charge is -2.33. The molecule has 0 saturated carbocycles. The van der Waals surface area contributed by atoms with E-state index in [1.54, 1.807) is 0 Å². The van der Waals surface area contributed by atoms with E-state index in [0.717, 1.165) is 26.8 Å². The summed E-state index contributed by atoms with van der Waals surface area (Å²) in [5, 5.41) is 12.4. The first kappa shape index (κ1) is 15.3. The average molecular weight is 386 g/mol. The van der Waals surface area contributed by atoms with Crippen LogP contribution in [0.25, 0.3) is 0 Å². The lowest BCUT2D eigenvalue weighted by molar-refractivity contribution is 0.0728. The zero-order valence-corrected chi connectivity index (χ0v) is 13.9. The van der Waals surface area contributed by atoms with Crippen molar-refractivity contribution in [1.82, 2.24) is 4.90 Å². The van der Waals surface area contributed by atoms with Crippen molar-refractivity contribution >= 4 is 34.2 Å². The molecule has 1 heterocycles. The normalized spacial score (nSPS) is 21.2. The molecule has 20 heavy (non-hydrogen) atoms. The quantitative estimate of drug-likeness (QED) is 0.482. The van der Waals surface area contributed by atoms with Gasteiger partial charge < -0.3 is 10.1 Å². The van der Waals surface area contributed by atoms with Crippen LogP contribution >= 0.6 is 22.6 Å². The summed E-state index contributed by atoms with van der Waals surface area (Å²) >= 11 is 2.23. The molecule has 0 bridgehead atoms. The standard InChI is InChI=1S/C15H19IN2O2/c1-3-11-9-18(8-7-13(11)17-20)15(19)12-6-4-5-10(2)14(12)16/h4-6,11,20H,3,7-9H2,1-2H3/b17-13+. The highest BCUT2D eigenvalue weighted by molar-refractivity contribution is 14.1. The Balaban J connectivity index is 2.20. The molecule has 4 nitrogen and oxygen atoms in total. The Labute approximate surface area is 133 Å². The Hall–Kier alpha value is -1.11. The first-order chi connectivity index (χ1) is 9.58. The summed E-state index contributed by atoms with van der Waals surface area (Å²) in [6, 6.07) is 5.82. The number of benzene rings is 1. The van der Waals surface area contributed by atoms with Crippen molar-refractivity contribution in [2.75, 3.05) is 13.1 Å². The van der Waals surface area contributed by atoms with Gasteiger partial charge in [0.1, 0.15) is 0 Å². The van der Waals surface area contributed by atoms with Crippen molar-refractivity contribution in [3.05, 3.63) is 32.9 Å². The predicted octanol–water partition coefficient (Wildman–Crippen LogP) is 3.30. The summed E-state index contributed by atoms with van der Waals surface area (Å²) in [6.45, 7) is 5.33. The minimum absolute atomic E-state index is 0.0774. The molecule has 1 aliphatic heterocycles. The third-order valence-corrected chi connectivity index (χ3v) is 5.31. The van der Waals surface area contributed by atoms with E-state index in [1.165, 1.54) is 0 Å². The molecule has 1 amide bonds. The van der Waals surface area contributed by atoms with Crippen molar-refractivity contribution in [3.8, 4) is 0 Å². The Morgan fingerprint density at radius 1 is 1.55 bits per heavy atom. The first-order valence-electron chi connectivity index (χ1n) is 6.83. The fourth-order valence-electron chi connectivity index (χ4n) is 2.58. The van der Waals surface area contributed by atoms with Gasteiger partial charge in [0.05, 0.1) is 11.3 Å². The largest absolute Gasteiger partial charge is 0.411 e. The highest BCUT2D eigenvalue weighted by Crippen LogP contribution is 2.23. The van der Waals surface area contributed by atoms with Gasteiger partial charge in [0.15, 0.2) is 0 Å². The van der Waals surface area contributed by atoms with Crippen LogP contribution in [0.3, 0.4) is 0 Å². The summed E-state index contributed by atoms with van der Waals surface area (Å²) < 4.78 is 1.02. The maximum Gasteiger partial charge on any atom is 0.254 e. The molecule has 0 aromatic heterocycles. The van der Waals surface area contributed by atoms with Crippen LogP contribution in [-0.2, 0) is 0 Å². The van der Waals surface area contributed by atoms with Crippen molar-refractivity contribution in [2.24, 2.45) is 11.1 Å². The van der Waals surface area contributed by atoms with Crippen LogP contribution in [0, 0.1) is 16.4 Å². The Morgan fingerprint density at radius 2 is 2.30 bits per heavy atom. The maximum absolute atomic E-state index is 12.6. The van der Waals surface area contributed by atoms with Gasteiger partial charge in [-0.15, -0.1) is 0 Å². The summed E-state index contributed by atoms with van der Waals surface area (Å²) in [4.78, 5) is 14.5. The van der Waals surface area contributed by atoms with Crippen molar-refractivity contribution in [3.63, 3.8) is 0 Å². The zero-order valence-electron chi connectivity index (χ0n) is 11.8. The lowest BCUT2D eigenvalue weighted by Crippen LogP contribution is -2.44. The number of nitrogens with zero attached hydrogens (tertiary/aromatic N) is 2. The minimum Gasteiger partial charge on any atom is -0.411 e. The number of carbonyl (C=O) groups is 1. The number of amides is 1. The predicted molar refractivity (Wildman–Crippen MR) is 87.4 cm³/mol. The molecule has 0 aliphatic carbocycles. The molecule has 5 heteroatoms. The van der Waals surface area contributed by atoms with Gasteiger partial charge >= 0.3 is 0 Å². The summed E-state index contributed by atoms with van der Waals surface area (Å²) in [5.41, 5.74) is 2.71. The lowest BCUT2D eigenvalue weighted by atomic mass is 9.93. The number of halogens is 1. The Morgan fingerprint density at radius 3 is 2.95 bits per heavy atom. The summed E-state index contributed by atoms with van der Waals surface area (Å²) in [5.74, 6) is 0.244. The van der Waals surface area contributed by atoms with Gasteiger partial charge in [0.25, 0.3) is 5.91 Å². The third kappa shape index (κ3) is 2.97. The molecule has 1 aromatic carbocycles. The molecule has 2 rings (SSSR count). The molecule has 1 aromatic rings. The molecule has 0 radical (unpaired) electrons.